The van der Waals surface area contributed by atoms with E-state index in [1.54, 1.807) is 0 Å². The zero-order chi connectivity index (χ0) is 20.0. The number of hydrogen-bond acceptors (Lipinski definition) is 5. The van der Waals surface area contributed by atoms with E-state index in [4.69, 9.17) is 9.47 Å². The highest BCUT2D eigenvalue weighted by molar-refractivity contribution is 5.78. The van der Waals surface area contributed by atoms with Gasteiger partial charge in [-0.15, -0.1) is 0 Å². The number of ketones is 1. The van der Waals surface area contributed by atoms with Crippen molar-refractivity contribution in [3.63, 3.8) is 0 Å². The van der Waals surface area contributed by atoms with Crippen molar-refractivity contribution >= 4 is 17.7 Å². The third kappa shape index (κ3) is 10.2. The van der Waals surface area contributed by atoms with Crippen LogP contribution in [0.2, 0.25) is 0 Å². The number of hydrogen-bond donors (Lipinski definition) is 0. The molecule has 0 aromatic heterocycles. The molecule has 2 rings (SSSR count). The fourth-order valence-electron chi connectivity index (χ4n) is 4.16. The Morgan fingerprint density at radius 1 is 0.536 bits per heavy atom. The molecule has 0 radical (unpaired) electrons. The van der Waals surface area contributed by atoms with Crippen LogP contribution in [0.25, 0.3) is 0 Å². The summed E-state index contributed by atoms with van der Waals surface area (Å²) >= 11 is 0. The van der Waals surface area contributed by atoms with Crippen LogP contribution in [0.5, 0.6) is 0 Å². The molecule has 0 aromatic carbocycles. The van der Waals surface area contributed by atoms with Crippen LogP contribution in [-0.4, -0.2) is 29.9 Å². The first kappa shape index (κ1) is 22.9. The molecule has 28 heavy (non-hydrogen) atoms. The number of carbonyl (C=O) groups excluding carboxylic acids is 3. The quantitative estimate of drug-likeness (QED) is 0.290. The smallest absolute Gasteiger partial charge is 0.306 e. The van der Waals surface area contributed by atoms with Crippen molar-refractivity contribution in [3.05, 3.63) is 0 Å². The van der Waals surface area contributed by atoms with Crippen molar-refractivity contribution in [1.29, 1.82) is 0 Å². The molecule has 0 unspecified atom stereocenters. The lowest BCUT2D eigenvalue weighted by atomic mass is 10.0. The van der Waals surface area contributed by atoms with Crippen molar-refractivity contribution in [2.75, 3.05) is 0 Å². The van der Waals surface area contributed by atoms with Crippen LogP contribution in [0.3, 0.4) is 0 Å². The summed E-state index contributed by atoms with van der Waals surface area (Å²) in [6, 6.07) is 0. The van der Waals surface area contributed by atoms with E-state index < -0.39 is 0 Å². The van der Waals surface area contributed by atoms with Crippen molar-refractivity contribution in [1.82, 2.24) is 0 Å². The van der Waals surface area contributed by atoms with Gasteiger partial charge in [-0.05, 0) is 77.0 Å². The normalized spacial score (nSPS) is 17.7. The van der Waals surface area contributed by atoms with E-state index in [9.17, 15) is 14.4 Å². The van der Waals surface area contributed by atoms with E-state index in [2.05, 4.69) is 0 Å². The highest BCUT2D eigenvalue weighted by atomic mass is 16.5. The average Bonchev–Trinajstić information content (AvgIpc) is 3.35. The molecule has 0 amide bonds. The highest BCUT2D eigenvalue weighted by Crippen LogP contribution is 2.22. The first-order valence-corrected chi connectivity index (χ1v) is 11.5. The summed E-state index contributed by atoms with van der Waals surface area (Å²) in [5.41, 5.74) is 0. The molecule has 2 aliphatic carbocycles. The van der Waals surface area contributed by atoms with Crippen LogP contribution in [-0.2, 0) is 23.9 Å². The maximum absolute atomic E-state index is 11.9. The molecule has 2 aliphatic rings. The van der Waals surface area contributed by atoms with Crippen LogP contribution in [0.15, 0.2) is 0 Å². The lowest BCUT2D eigenvalue weighted by Gasteiger charge is -2.11. The van der Waals surface area contributed by atoms with Crippen LogP contribution in [0.4, 0.5) is 0 Å². The third-order valence-electron chi connectivity index (χ3n) is 5.87. The summed E-state index contributed by atoms with van der Waals surface area (Å²) in [5.74, 6) is 0.136. The Morgan fingerprint density at radius 3 is 1.29 bits per heavy atom. The molecule has 0 aromatic rings. The Hall–Kier alpha value is -1.39. The van der Waals surface area contributed by atoms with Crippen LogP contribution in [0.1, 0.15) is 116 Å². The minimum absolute atomic E-state index is 0.0790. The summed E-state index contributed by atoms with van der Waals surface area (Å²) in [4.78, 5) is 35.4. The van der Waals surface area contributed by atoms with E-state index in [0.29, 0.717) is 31.5 Å². The topological polar surface area (TPSA) is 69.7 Å². The van der Waals surface area contributed by atoms with Gasteiger partial charge in [0, 0.05) is 25.7 Å². The molecule has 160 valence electrons. The maximum atomic E-state index is 11.9. The molecule has 2 saturated carbocycles. The van der Waals surface area contributed by atoms with E-state index >= 15 is 0 Å². The zero-order valence-corrected chi connectivity index (χ0v) is 17.4. The van der Waals surface area contributed by atoms with E-state index in [1.165, 1.54) is 25.7 Å². The fraction of sp³-hybridized carbons (Fsp3) is 0.870. The number of unbranched alkanes of at least 4 members (excludes halogenated alkanes) is 4. The fourth-order valence-corrected chi connectivity index (χ4v) is 4.16. The monoisotopic (exact) mass is 394 g/mol. The molecule has 0 bridgehead atoms. The Kier molecular flexibility index (Phi) is 11.2. The first-order valence-electron chi connectivity index (χ1n) is 11.5. The van der Waals surface area contributed by atoms with Crippen LogP contribution >= 0.6 is 0 Å². The maximum Gasteiger partial charge on any atom is 0.306 e. The van der Waals surface area contributed by atoms with Crippen LogP contribution < -0.4 is 0 Å². The highest BCUT2D eigenvalue weighted by Gasteiger charge is 2.19. The van der Waals surface area contributed by atoms with Crippen molar-refractivity contribution in [2.24, 2.45) is 0 Å². The average molecular weight is 395 g/mol. The Balaban J connectivity index is 1.35. The predicted octanol–water partition coefficient (Wildman–Crippen LogP) is 5.43. The van der Waals surface area contributed by atoms with Gasteiger partial charge in [-0.1, -0.05) is 12.8 Å². The minimum atomic E-state index is -0.0790. The lowest BCUT2D eigenvalue weighted by molar-refractivity contribution is -0.149. The molecular formula is C23H38O5. The SMILES string of the molecule is O=C(CCCCCC(=O)OC1CCCC1)CCCCCC(=O)OC1CCCC1. The van der Waals surface area contributed by atoms with Gasteiger partial charge in [0.2, 0.25) is 0 Å². The summed E-state index contributed by atoms with van der Waals surface area (Å²) in [6.07, 6.45) is 16.3. The van der Waals surface area contributed by atoms with E-state index in [-0.39, 0.29) is 24.1 Å². The lowest BCUT2D eigenvalue weighted by Crippen LogP contribution is -2.14. The molecular weight excluding hydrogens is 356 g/mol. The summed E-state index contributed by atoms with van der Waals surface area (Å²) in [5, 5.41) is 0. The molecule has 0 saturated heterocycles. The van der Waals surface area contributed by atoms with E-state index in [1.807, 2.05) is 0 Å². The largest absolute Gasteiger partial charge is 0.462 e. The Morgan fingerprint density at radius 2 is 0.893 bits per heavy atom. The van der Waals surface area contributed by atoms with Gasteiger partial charge in [0.15, 0.2) is 0 Å². The third-order valence-corrected chi connectivity index (χ3v) is 5.87. The number of ether oxygens (including phenoxy) is 2. The molecule has 2 fully saturated rings. The van der Waals surface area contributed by atoms with Crippen molar-refractivity contribution < 1.29 is 23.9 Å². The van der Waals surface area contributed by atoms with Gasteiger partial charge in [-0.2, -0.15) is 0 Å². The molecule has 0 heterocycles. The Bertz CT molecular complexity index is 433. The summed E-state index contributed by atoms with van der Waals surface area (Å²) in [7, 11) is 0. The molecule has 5 nitrogen and oxygen atoms in total. The van der Waals surface area contributed by atoms with Gasteiger partial charge in [0.1, 0.15) is 18.0 Å². The first-order chi connectivity index (χ1) is 13.6. The van der Waals surface area contributed by atoms with Crippen molar-refractivity contribution in [2.45, 2.75) is 128 Å². The molecule has 0 N–H and O–H groups in total. The second-order valence-electron chi connectivity index (χ2n) is 8.45. The predicted molar refractivity (Wildman–Crippen MR) is 108 cm³/mol. The Labute approximate surface area is 169 Å². The summed E-state index contributed by atoms with van der Waals surface area (Å²) in [6.45, 7) is 0. The molecule has 0 atom stereocenters. The summed E-state index contributed by atoms with van der Waals surface area (Å²) < 4.78 is 10.9. The van der Waals surface area contributed by atoms with Gasteiger partial charge in [-0.3, -0.25) is 14.4 Å². The van der Waals surface area contributed by atoms with Gasteiger partial charge in [-0.25, -0.2) is 0 Å². The molecule has 0 aliphatic heterocycles. The second-order valence-corrected chi connectivity index (χ2v) is 8.45. The van der Waals surface area contributed by atoms with Crippen LogP contribution in [0, 0.1) is 0 Å². The van der Waals surface area contributed by atoms with Gasteiger partial charge >= 0.3 is 11.9 Å². The minimum Gasteiger partial charge on any atom is -0.462 e. The number of Topliss-reactive ketones (excluding diaryl/α,β-unsaturated/α-hetero) is 1. The number of esters is 2. The number of rotatable bonds is 14. The standard InChI is InChI=1S/C23H38O5/c24-19(11-3-1-5-17-22(25)27-20-13-7-8-14-20)12-4-2-6-18-23(26)28-21-15-9-10-16-21/h20-21H,1-18H2. The van der Waals surface area contributed by atoms with Gasteiger partial charge in [0.25, 0.3) is 0 Å². The van der Waals surface area contributed by atoms with Gasteiger partial charge in [0.05, 0.1) is 0 Å². The zero-order valence-electron chi connectivity index (χ0n) is 17.4. The number of carbonyl (C=O) groups is 3. The van der Waals surface area contributed by atoms with E-state index in [0.717, 1.165) is 64.2 Å². The molecule has 5 heteroatoms. The molecule has 0 spiro atoms. The second kappa shape index (κ2) is 13.7. The van der Waals surface area contributed by atoms with Crippen molar-refractivity contribution in [3.8, 4) is 0 Å². The van der Waals surface area contributed by atoms with Gasteiger partial charge < -0.3 is 9.47 Å².